The zero-order valence-electron chi connectivity index (χ0n) is 16.4. The zero-order valence-corrected chi connectivity index (χ0v) is 17.9. The molecule has 160 valence electrons. The molecular weight excluding hydrogens is 434 g/mol. The fourth-order valence-electron chi connectivity index (χ4n) is 3.39. The van der Waals surface area contributed by atoms with Gasteiger partial charge in [-0.15, -0.1) is 0 Å². The molecule has 0 amide bonds. The highest BCUT2D eigenvalue weighted by Crippen LogP contribution is 2.34. The van der Waals surface area contributed by atoms with E-state index in [2.05, 4.69) is 4.98 Å². The van der Waals surface area contributed by atoms with Crippen molar-refractivity contribution >= 4 is 40.6 Å². The van der Waals surface area contributed by atoms with Crippen LogP contribution in [0.3, 0.4) is 0 Å². The number of esters is 1. The number of aromatic nitrogens is 1. The minimum Gasteiger partial charge on any atom is -0.474 e. The maximum atomic E-state index is 14.7. The highest BCUT2D eigenvalue weighted by molar-refractivity contribution is 6.33. The van der Waals surface area contributed by atoms with Gasteiger partial charge in [0, 0.05) is 12.7 Å². The molecule has 9 heteroatoms. The first-order valence-electron chi connectivity index (χ1n) is 9.58. The van der Waals surface area contributed by atoms with E-state index in [1.807, 2.05) is 4.90 Å². The molecule has 30 heavy (non-hydrogen) atoms. The number of rotatable bonds is 8. The Balaban J connectivity index is 1.74. The Kier molecular flexibility index (Phi) is 7.50. The van der Waals surface area contributed by atoms with Gasteiger partial charge in [0.05, 0.1) is 28.9 Å². The van der Waals surface area contributed by atoms with E-state index in [0.717, 1.165) is 12.8 Å². The first-order valence-corrected chi connectivity index (χ1v) is 10.3. The van der Waals surface area contributed by atoms with Crippen molar-refractivity contribution in [2.75, 3.05) is 24.7 Å². The van der Waals surface area contributed by atoms with Gasteiger partial charge in [0.25, 0.3) is 0 Å². The lowest BCUT2D eigenvalue weighted by molar-refractivity contribution is -0.141. The molecule has 0 spiro atoms. The number of anilines is 1. The van der Waals surface area contributed by atoms with Gasteiger partial charge in [0.15, 0.2) is 5.78 Å². The normalized spacial score (nSPS) is 15.9. The van der Waals surface area contributed by atoms with Crippen LogP contribution in [-0.4, -0.2) is 42.5 Å². The van der Waals surface area contributed by atoms with Crippen molar-refractivity contribution in [3.63, 3.8) is 0 Å². The second-order valence-corrected chi connectivity index (χ2v) is 7.59. The second-order valence-electron chi connectivity index (χ2n) is 6.78. The molecule has 1 aliphatic rings. The number of halogens is 3. The molecule has 0 N–H and O–H groups in total. The Labute approximate surface area is 183 Å². The first kappa shape index (κ1) is 22.3. The summed E-state index contributed by atoms with van der Waals surface area (Å²) in [4.78, 5) is 29.8. The average molecular weight is 455 g/mol. The number of hydrogen-bond donors (Lipinski definition) is 0. The molecule has 1 aliphatic heterocycles. The molecule has 1 aromatic heterocycles. The summed E-state index contributed by atoms with van der Waals surface area (Å²) in [5.74, 6) is -1.77. The lowest BCUT2D eigenvalue weighted by Crippen LogP contribution is -2.34. The third-order valence-corrected chi connectivity index (χ3v) is 5.36. The maximum absolute atomic E-state index is 14.7. The van der Waals surface area contributed by atoms with Gasteiger partial charge in [-0.05, 0) is 44.0 Å². The summed E-state index contributed by atoms with van der Waals surface area (Å²) in [6, 6.07) is 5.84. The number of benzene rings is 1. The molecule has 2 aromatic rings. The molecule has 1 fully saturated rings. The van der Waals surface area contributed by atoms with Crippen LogP contribution < -0.4 is 9.64 Å². The Morgan fingerprint density at radius 3 is 2.83 bits per heavy atom. The standard InChI is InChI=1S/C21H21Cl2FN2O4/c1-2-29-20(28)11-19(27)14-9-16(23)18(10-17(14)24)26-8-4-5-13(26)12-30-21-15(22)6-3-7-25-21/h3,6-7,9-10,13H,2,4-5,8,11-12H2,1H3/t13-/m1/s1. The third-order valence-electron chi connectivity index (χ3n) is 4.77. The van der Waals surface area contributed by atoms with E-state index >= 15 is 0 Å². The van der Waals surface area contributed by atoms with Crippen LogP contribution in [0.5, 0.6) is 5.88 Å². The van der Waals surface area contributed by atoms with E-state index in [0.29, 0.717) is 29.7 Å². The summed E-state index contributed by atoms with van der Waals surface area (Å²) in [5.41, 5.74) is 0.240. The van der Waals surface area contributed by atoms with Crippen molar-refractivity contribution < 1.29 is 23.5 Å². The van der Waals surface area contributed by atoms with Crippen molar-refractivity contribution in [2.45, 2.75) is 32.2 Å². The summed E-state index contributed by atoms with van der Waals surface area (Å²) in [6.45, 7) is 2.75. The van der Waals surface area contributed by atoms with E-state index < -0.39 is 24.0 Å². The molecule has 0 unspecified atom stereocenters. The van der Waals surface area contributed by atoms with Gasteiger partial charge in [0.2, 0.25) is 5.88 Å². The minimum absolute atomic E-state index is 0.0546. The van der Waals surface area contributed by atoms with Crippen molar-refractivity contribution in [2.24, 2.45) is 0 Å². The van der Waals surface area contributed by atoms with Gasteiger partial charge in [0.1, 0.15) is 23.9 Å². The van der Waals surface area contributed by atoms with Crippen molar-refractivity contribution in [3.8, 4) is 5.88 Å². The number of ketones is 1. The molecule has 0 aliphatic carbocycles. The van der Waals surface area contributed by atoms with E-state index in [1.54, 1.807) is 25.3 Å². The summed E-state index contributed by atoms with van der Waals surface area (Å²) in [6.07, 6.45) is 2.76. The molecule has 2 heterocycles. The quantitative estimate of drug-likeness (QED) is 0.326. The SMILES string of the molecule is CCOC(=O)CC(=O)c1cc(Cl)c(N2CCC[C@@H]2COc2ncccc2Cl)cc1F. The minimum atomic E-state index is -0.733. The third kappa shape index (κ3) is 5.21. The van der Waals surface area contributed by atoms with Crippen LogP contribution in [0.1, 0.15) is 36.5 Å². The highest BCUT2D eigenvalue weighted by Gasteiger charge is 2.29. The van der Waals surface area contributed by atoms with Crippen LogP contribution in [0.2, 0.25) is 10.0 Å². The number of pyridine rings is 1. The molecule has 1 atom stereocenters. The van der Waals surface area contributed by atoms with E-state index in [1.165, 1.54) is 12.1 Å². The van der Waals surface area contributed by atoms with Crippen molar-refractivity contribution in [3.05, 3.63) is 51.9 Å². The van der Waals surface area contributed by atoms with Crippen molar-refractivity contribution in [1.29, 1.82) is 0 Å². The number of carbonyl (C=O) groups excluding carboxylic acids is 2. The average Bonchev–Trinajstić information content (AvgIpc) is 3.17. The Morgan fingerprint density at radius 2 is 2.10 bits per heavy atom. The van der Waals surface area contributed by atoms with Gasteiger partial charge in [-0.25, -0.2) is 9.37 Å². The zero-order chi connectivity index (χ0) is 21.7. The summed E-state index contributed by atoms with van der Waals surface area (Å²) < 4.78 is 25.2. The van der Waals surface area contributed by atoms with Crippen LogP contribution in [0.25, 0.3) is 0 Å². The van der Waals surface area contributed by atoms with Crippen molar-refractivity contribution in [1.82, 2.24) is 4.98 Å². The number of hydrogen-bond acceptors (Lipinski definition) is 6. The molecule has 0 saturated carbocycles. The van der Waals surface area contributed by atoms with Gasteiger partial charge < -0.3 is 14.4 Å². The predicted octanol–water partition coefficient (Wildman–Crippen LogP) is 4.71. The highest BCUT2D eigenvalue weighted by atomic mass is 35.5. The van der Waals surface area contributed by atoms with Crippen LogP contribution in [0.15, 0.2) is 30.5 Å². The van der Waals surface area contributed by atoms with Crippen LogP contribution in [0.4, 0.5) is 10.1 Å². The van der Waals surface area contributed by atoms with E-state index in [9.17, 15) is 14.0 Å². The Morgan fingerprint density at radius 1 is 1.30 bits per heavy atom. The fraction of sp³-hybridized carbons (Fsp3) is 0.381. The molecular formula is C21H21Cl2FN2O4. The fourth-order valence-corrected chi connectivity index (χ4v) is 3.84. The van der Waals surface area contributed by atoms with Gasteiger partial charge in [-0.1, -0.05) is 23.2 Å². The second kappa shape index (κ2) is 10.1. The number of carbonyl (C=O) groups is 2. The van der Waals surface area contributed by atoms with Crippen LogP contribution in [0, 0.1) is 5.82 Å². The molecule has 0 radical (unpaired) electrons. The Bertz CT molecular complexity index is 941. The van der Waals surface area contributed by atoms with E-state index in [-0.39, 0.29) is 23.2 Å². The maximum Gasteiger partial charge on any atom is 0.313 e. The molecule has 1 saturated heterocycles. The number of Topliss-reactive ketones (excluding diaryl/α,β-unsaturated/α-hetero) is 1. The van der Waals surface area contributed by atoms with Gasteiger partial charge in [-0.2, -0.15) is 0 Å². The predicted molar refractivity (Wildman–Crippen MR) is 112 cm³/mol. The van der Waals surface area contributed by atoms with Crippen LogP contribution in [-0.2, 0) is 9.53 Å². The van der Waals surface area contributed by atoms with E-state index in [4.69, 9.17) is 32.7 Å². The molecule has 3 rings (SSSR count). The first-order chi connectivity index (χ1) is 14.4. The summed E-state index contributed by atoms with van der Waals surface area (Å²) >= 11 is 12.5. The monoisotopic (exact) mass is 454 g/mol. The smallest absolute Gasteiger partial charge is 0.313 e. The number of ether oxygens (including phenoxy) is 2. The summed E-state index contributed by atoms with van der Waals surface area (Å²) in [5, 5.41) is 0.641. The van der Waals surface area contributed by atoms with Crippen LogP contribution >= 0.6 is 23.2 Å². The Hall–Kier alpha value is -2.38. The number of nitrogens with zero attached hydrogens (tertiary/aromatic N) is 2. The van der Waals surface area contributed by atoms with Gasteiger partial charge in [-0.3, -0.25) is 9.59 Å². The lowest BCUT2D eigenvalue weighted by Gasteiger charge is -2.28. The largest absolute Gasteiger partial charge is 0.474 e. The lowest BCUT2D eigenvalue weighted by atomic mass is 10.1. The molecule has 0 bridgehead atoms. The molecule has 1 aromatic carbocycles. The molecule has 6 nitrogen and oxygen atoms in total. The topological polar surface area (TPSA) is 68.7 Å². The summed E-state index contributed by atoms with van der Waals surface area (Å²) in [7, 11) is 0. The van der Waals surface area contributed by atoms with Gasteiger partial charge >= 0.3 is 5.97 Å².